The molecule has 0 amide bonds. The molecule has 1 heterocycles. The largest absolute Gasteiger partial charge is 0.369 e. The van der Waals surface area contributed by atoms with Crippen molar-refractivity contribution in [1.29, 1.82) is 5.26 Å². The predicted molar refractivity (Wildman–Crippen MR) is 77.5 cm³/mol. The average molecular weight is 294 g/mol. The van der Waals surface area contributed by atoms with E-state index in [0.29, 0.717) is 11.5 Å². The molecular weight excluding hydrogens is 279 g/mol. The van der Waals surface area contributed by atoms with Crippen molar-refractivity contribution in [3.8, 4) is 6.07 Å². The molecule has 1 saturated heterocycles. The molecule has 0 aliphatic carbocycles. The summed E-state index contributed by atoms with van der Waals surface area (Å²) in [7, 11) is 1.33. The average Bonchev–Trinajstić information content (AvgIpc) is 2.34. The van der Waals surface area contributed by atoms with Gasteiger partial charge in [0, 0.05) is 31.7 Å². The van der Waals surface area contributed by atoms with Gasteiger partial charge in [-0.3, -0.25) is 0 Å². The van der Waals surface area contributed by atoms with Gasteiger partial charge in [-0.25, -0.2) is 13.6 Å². The van der Waals surface area contributed by atoms with Gasteiger partial charge in [0.25, 0.3) is 0 Å². The van der Waals surface area contributed by atoms with Gasteiger partial charge < -0.3 is 4.90 Å². The third-order valence-corrected chi connectivity index (χ3v) is 5.19. The van der Waals surface area contributed by atoms with Crippen molar-refractivity contribution in [2.24, 2.45) is 9.36 Å². The van der Waals surface area contributed by atoms with Crippen LogP contribution in [-0.4, -0.2) is 41.0 Å². The molecule has 7 heteroatoms. The van der Waals surface area contributed by atoms with Gasteiger partial charge in [-0.15, -0.1) is 0 Å². The van der Waals surface area contributed by atoms with Crippen molar-refractivity contribution in [3.63, 3.8) is 0 Å². The molecule has 0 N–H and O–H groups in total. The Balaban J connectivity index is 2.50. The van der Waals surface area contributed by atoms with E-state index >= 15 is 0 Å². The van der Waals surface area contributed by atoms with E-state index in [2.05, 4.69) is 9.36 Å². The smallest absolute Gasteiger partial charge is 0.145 e. The maximum atomic E-state index is 13.9. The van der Waals surface area contributed by atoms with Crippen LogP contribution in [0.4, 0.5) is 15.8 Å². The SMILES string of the molecule is CN(C)/C=N/c1cc(N=S2(=O)CCC2)cc(F)c1C#N. The maximum Gasteiger partial charge on any atom is 0.145 e. The third-order valence-electron chi connectivity index (χ3n) is 2.79. The zero-order valence-corrected chi connectivity index (χ0v) is 12.2. The van der Waals surface area contributed by atoms with Gasteiger partial charge in [0.15, 0.2) is 0 Å². The quantitative estimate of drug-likeness (QED) is 0.635. The molecule has 0 spiro atoms. The number of aliphatic imine (C=N–C) groups is 1. The van der Waals surface area contributed by atoms with E-state index in [4.69, 9.17) is 5.26 Å². The molecule has 0 saturated carbocycles. The normalized spacial score (nSPS) is 16.5. The molecule has 1 fully saturated rings. The Labute approximate surface area is 117 Å². The lowest BCUT2D eigenvalue weighted by Gasteiger charge is -2.17. The summed E-state index contributed by atoms with van der Waals surface area (Å²) in [6.45, 7) is 0. The minimum absolute atomic E-state index is 0.134. The second kappa shape index (κ2) is 5.59. The van der Waals surface area contributed by atoms with Crippen molar-refractivity contribution in [2.75, 3.05) is 25.6 Å². The summed E-state index contributed by atoms with van der Waals surface area (Å²) in [5.74, 6) is 0.400. The maximum absolute atomic E-state index is 13.9. The Morgan fingerprint density at radius 2 is 2.15 bits per heavy atom. The lowest BCUT2D eigenvalue weighted by atomic mass is 10.1. The lowest BCUT2D eigenvalue weighted by Crippen LogP contribution is -2.22. The number of hydrogen-bond acceptors (Lipinski definition) is 4. The van der Waals surface area contributed by atoms with Crippen molar-refractivity contribution < 1.29 is 8.60 Å². The van der Waals surface area contributed by atoms with Crippen molar-refractivity contribution >= 4 is 27.4 Å². The number of hydrogen-bond donors (Lipinski definition) is 0. The Hall–Kier alpha value is -1.94. The summed E-state index contributed by atoms with van der Waals surface area (Å²) in [4.78, 5) is 5.73. The molecule has 20 heavy (non-hydrogen) atoms. The van der Waals surface area contributed by atoms with Crippen molar-refractivity contribution in [3.05, 3.63) is 23.5 Å². The lowest BCUT2D eigenvalue weighted by molar-refractivity contribution is 0.624. The van der Waals surface area contributed by atoms with Gasteiger partial charge in [-0.05, 0) is 12.5 Å². The van der Waals surface area contributed by atoms with E-state index in [-0.39, 0.29) is 16.9 Å². The van der Waals surface area contributed by atoms with Crippen LogP contribution in [0.25, 0.3) is 0 Å². The molecule has 0 aromatic heterocycles. The first kappa shape index (κ1) is 14.5. The standard InChI is InChI=1S/C13H15FN4OS/c1-18(2)9-16-13-7-10(6-12(14)11(13)8-15)17-20(19)4-3-5-20/h6-7,9H,3-5H2,1-2H3/b16-9+. The Morgan fingerprint density at radius 3 is 2.65 bits per heavy atom. The van der Waals surface area contributed by atoms with E-state index in [9.17, 15) is 8.60 Å². The highest BCUT2D eigenvalue weighted by Crippen LogP contribution is 2.30. The van der Waals surface area contributed by atoms with E-state index < -0.39 is 15.5 Å². The van der Waals surface area contributed by atoms with Gasteiger partial charge in [0.1, 0.15) is 17.4 Å². The van der Waals surface area contributed by atoms with E-state index in [1.165, 1.54) is 12.4 Å². The van der Waals surface area contributed by atoms with E-state index in [1.54, 1.807) is 25.1 Å². The topological polar surface area (TPSA) is 68.8 Å². The Kier molecular flexibility index (Phi) is 4.04. The number of rotatable bonds is 3. The molecule has 5 nitrogen and oxygen atoms in total. The summed E-state index contributed by atoms with van der Waals surface area (Å²) >= 11 is 0. The van der Waals surface area contributed by atoms with Crippen LogP contribution in [0.3, 0.4) is 0 Å². The summed E-state index contributed by atoms with van der Waals surface area (Å²) in [6, 6.07) is 4.42. The third kappa shape index (κ3) is 3.14. The highest BCUT2D eigenvalue weighted by Gasteiger charge is 2.20. The molecule has 1 aliphatic heterocycles. The molecule has 0 radical (unpaired) electrons. The van der Waals surface area contributed by atoms with Crippen LogP contribution >= 0.6 is 0 Å². The fourth-order valence-electron chi connectivity index (χ4n) is 1.70. The van der Waals surface area contributed by atoms with Gasteiger partial charge in [0.2, 0.25) is 0 Å². The first-order chi connectivity index (χ1) is 9.43. The molecule has 1 aromatic rings. The van der Waals surface area contributed by atoms with Crippen molar-refractivity contribution in [2.45, 2.75) is 6.42 Å². The first-order valence-corrected chi connectivity index (χ1v) is 7.96. The van der Waals surface area contributed by atoms with Crippen LogP contribution in [0, 0.1) is 17.1 Å². The highest BCUT2D eigenvalue weighted by molar-refractivity contribution is 7.95. The predicted octanol–water partition coefficient (Wildman–Crippen LogP) is 2.42. The molecular formula is C13H15FN4OS. The minimum atomic E-state index is -2.21. The van der Waals surface area contributed by atoms with Gasteiger partial charge in [-0.2, -0.15) is 9.62 Å². The van der Waals surface area contributed by atoms with E-state index in [0.717, 1.165) is 12.5 Å². The summed E-state index contributed by atoms with van der Waals surface area (Å²) < 4.78 is 30.0. The van der Waals surface area contributed by atoms with Crippen LogP contribution in [0.15, 0.2) is 21.5 Å². The molecule has 106 valence electrons. The van der Waals surface area contributed by atoms with Crippen molar-refractivity contribution in [1.82, 2.24) is 4.90 Å². The monoisotopic (exact) mass is 294 g/mol. The number of halogens is 1. The second-order valence-electron chi connectivity index (χ2n) is 4.77. The molecule has 1 aromatic carbocycles. The summed E-state index contributed by atoms with van der Waals surface area (Å²) in [5, 5.41) is 8.98. The second-order valence-corrected chi connectivity index (χ2v) is 7.31. The van der Waals surface area contributed by atoms with Crippen LogP contribution in [0.1, 0.15) is 12.0 Å². The number of benzene rings is 1. The van der Waals surface area contributed by atoms with E-state index in [1.807, 2.05) is 0 Å². The number of nitriles is 1. The Morgan fingerprint density at radius 1 is 1.45 bits per heavy atom. The fraction of sp³-hybridized carbons (Fsp3) is 0.385. The zero-order valence-electron chi connectivity index (χ0n) is 11.3. The highest BCUT2D eigenvalue weighted by atomic mass is 32.2. The molecule has 0 bridgehead atoms. The molecule has 1 aliphatic rings. The zero-order chi connectivity index (χ0) is 14.8. The van der Waals surface area contributed by atoms with Crippen LogP contribution in [0.5, 0.6) is 0 Å². The van der Waals surface area contributed by atoms with Gasteiger partial charge in [0.05, 0.1) is 27.4 Å². The van der Waals surface area contributed by atoms with Crippen LogP contribution in [0.2, 0.25) is 0 Å². The summed E-state index contributed by atoms with van der Waals surface area (Å²) in [5.41, 5.74) is 0.338. The Bertz CT molecular complexity index is 702. The van der Waals surface area contributed by atoms with Gasteiger partial charge in [-0.1, -0.05) is 0 Å². The fourth-order valence-corrected chi connectivity index (χ4v) is 3.15. The van der Waals surface area contributed by atoms with Gasteiger partial charge >= 0.3 is 0 Å². The van der Waals surface area contributed by atoms with Crippen LogP contribution < -0.4 is 0 Å². The minimum Gasteiger partial charge on any atom is -0.369 e. The molecule has 0 atom stereocenters. The number of nitrogens with zero attached hydrogens (tertiary/aromatic N) is 4. The molecule has 0 unspecified atom stereocenters. The van der Waals surface area contributed by atoms with Crippen LogP contribution in [-0.2, 0) is 9.73 Å². The summed E-state index contributed by atoms with van der Waals surface area (Å²) in [6.07, 6.45) is 2.36. The molecule has 2 rings (SSSR count). The first-order valence-electron chi connectivity index (χ1n) is 6.10.